The molecule has 18 heavy (non-hydrogen) atoms. The molecule has 1 unspecified atom stereocenters. The summed E-state index contributed by atoms with van der Waals surface area (Å²) in [5.74, 6) is -0.623. The minimum absolute atomic E-state index is 0.623. The van der Waals surface area contributed by atoms with Crippen molar-refractivity contribution in [1.82, 2.24) is 4.89 Å². The van der Waals surface area contributed by atoms with Gasteiger partial charge in [0, 0.05) is 4.47 Å². The van der Waals surface area contributed by atoms with Crippen molar-refractivity contribution in [3.8, 4) is 0 Å². The second-order valence-electron chi connectivity index (χ2n) is 4.25. The van der Waals surface area contributed by atoms with E-state index in [1.807, 2.05) is 30.3 Å². The summed E-state index contributed by atoms with van der Waals surface area (Å²) in [7, 11) is 0. The largest absolute Gasteiger partial charge is 0.758 e. The molecule has 7 heteroatoms. The van der Waals surface area contributed by atoms with Crippen LogP contribution in [0.3, 0.4) is 0 Å². The van der Waals surface area contributed by atoms with Crippen LogP contribution in [0, 0.1) is 5.41 Å². The smallest absolute Gasteiger partial charge is 0.331 e. The van der Waals surface area contributed by atoms with Crippen LogP contribution in [0.5, 0.6) is 0 Å². The zero-order valence-corrected chi connectivity index (χ0v) is 12.7. The van der Waals surface area contributed by atoms with E-state index in [0.717, 1.165) is 4.47 Å². The number of carbonyl (C=O) groups is 1. The van der Waals surface area contributed by atoms with Crippen LogP contribution in [-0.4, -0.2) is 14.7 Å². The fraction of sp³-hybridized carbons (Fsp3) is 0.364. The molecule has 0 aliphatic carbocycles. The molecule has 0 spiro atoms. The van der Waals surface area contributed by atoms with E-state index in [-0.39, 0.29) is 0 Å². The van der Waals surface area contributed by atoms with Gasteiger partial charge in [-0.2, -0.15) is 0 Å². The molecule has 1 aromatic carbocycles. The highest BCUT2D eigenvalue weighted by atomic mass is 79.9. The summed E-state index contributed by atoms with van der Waals surface area (Å²) in [6, 6.07) is 9.97. The third-order valence-corrected chi connectivity index (χ3v) is 2.30. The topological polar surface area (TPSA) is 78.5 Å². The number of benzene rings is 1. The van der Waals surface area contributed by atoms with Crippen LogP contribution < -0.4 is 4.89 Å². The average Bonchev–Trinajstić information content (AvgIpc) is 2.26. The predicted octanol–water partition coefficient (Wildman–Crippen LogP) is 2.32. The molecule has 1 atom stereocenters. The van der Waals surface area contributed by atoms with Crippen molar-refractivity contribution < 1.29 is 18.4 Å². The lowest BCUT2D eigenvalue weighted by Gasteiger charge is -2.16. The van der Waals surface area contributed by atoms with E-state index < -0.39 is 22.7 Å². The molecule has 0 radical (unpaired) electrons. The van der Waals surface area contributed by atoms with Crippen LogP contribution in [0.4, 0.5) is 0 Å². The molecule has 0 fully saturated rings. The fourth-order valence-corrected chi connectivity index (χ4v) is 1.09. The van der Waals surface area contributed by atoms with Crippen molar-refractivity contribution in [2.75, 3.05) is 0 Å². The summed E-state index contributed by atoms with van der Waals surface area (Å²) in [6.07, 6.45) is 0. The maximum atomic E-state index is 10.8. The van der Waals surface area contributed by atoms with Crippen LogP contribution in [-0.2, 0) is 20.9 Å². The second kappa shape index (κ2) is 8.36. The first-order chi connectivity index (χ1) is 8.23. The molecule has 0 saturated heterocycles. The van der Waals surface area contributed by atoms with Crippen molar-refractivity contribution in [1.29, 1.82) is 0 Å². The Morgan fingerprint density at radius 1 is 1.33 bits per heavy atom. The number of halogens is 1. The van der Waals surface area contributed by atoms with Gasteiger partial charge in [-0.15, -0.1) is 0 Å². The Hall–Kier alpha value is -0.760. The molecule has 102 valence electrons. The van der Waals surface area contributed by atoms with Gasteiger partial charge in [0.2, 0.25) is 0 Å². The van der Waals surface area contributed by atoms with Crippen molar-refractivity contribution in [3.63, 3.8) is 0 Å². The van der Waals surface area contributed by atoms with Gasteiger partial charge in [0.1, 0.15) is 0 Å². The summed E-state index contributed by atoms with van der Waals surface area (Å²) < 4.78 is 20.8. The van der Waals surface area contributed by atoms with Gasteiger partial charge in [-0.25, -0.2) is 4.79 Å². The van der Waals surface area contributed by atoms with Gasteiger partial charge in [0.25, 0.3) is 0 Å². The number of hydrogen-bond donors (Lipinski definition) is 1. The van der Waals surface area contributed by atoms with Crippen molar-refractivity contribution in [2.24, 2.45) is 5.41 Å². The van der Waals surface area contributed by atoms with Crippen LogP contribution in [0.25, 0.3) is 0 Å². The molecule has 0 heterocycles. The number of rotatable bonds is 2. The van der Waals surface area contributed by atoms with Crippen LogP contribution in [0.2, 0.25) is 0 Å². The van der Waals surface area contributed by atoms with Gasteiger partial charge in [-0.1, -0.05) is 39.0 Å². The monoisotopic (exact) mass is 336 g/mol. The SMILES string of the molecule is Brc1ccccc1.CC(C)(C)C(=O)ONS(=O)[O-]. The molecule has 0 bridgehead atoms. The highest BCUT2D eigenvalue weighted by Gasteiger charge is 2.23. The van der Waals surface area contributed by atoms with E-state index in [0.29, 0.717) is 0 Å². The maximum Gasteiger partial charge on any atom is 0.331 e. The third-order valence-electron chi connectivity index (χ3n) is 1.55. The van der Waals surface area contributed by atoms with Crippen LogP contribution in [0.15, 0.2) is 34.8 Å². The molecule has 1 N–H and O–H groups in total. The Balaban J connectivity index is 0.000000351. The van der Waals surface area contributed by atoms with Gasteiger partial charge in [0.15, 0.2) is 0 Å². The standard InChI is InChI=1S/C6H5Br.C5H11NO4S/c7-6-4-2-1-3-5-6;1-5(2,3)4(7)10-6-11(8)9/h1-5H;6H,1-3H3,(H,8,9)/p-1. The first-order valence-electron chi connectivity index (χ1n) is 5.00. The quantitative estimate of drug-likeness (QED) is 0.664. The summed E-state index contributed by atoms with van der Waals surface area (Å²) >= 11 is 0.747. The fourth-order valence-electron chi connectivity index (χ4n) is 0.640. The molecular weight excluding hydrogens is 322 g/mol. The summed E-state index contributed by atoms with van der Waals surface area (Å²) in [5.41, 5.74) is -0.702. The lowest BCUT2D eigenvalue weighted by molar-refractivity contribution is -0.156. The maximum absolute atomic E-state index is 10.8. The lowest BCUT2D eigenvalue weighted by atomic mass is 9.98. The second-order valence-corrected chi connectivity index (χ2v) is 5.80. The number of nitrogens with one attached hydrogen (secondary N) is 1. The number of hydrogen-bond acceptors (Lipinski definition) is 4. The van der Waals surface area contributed by atoms with Crippen molar-refractivity contribution in [3.05, 3.63) is 34.8 Å². The lowest BCUT2D eigenvalue weighted by Crippen LogP contribution is -2.30. The molecule has 1 rings (SSSR count). The molecule has 1 aromatic rings. The minimum atomic E-state index is -2.56. The Bertz CT molecular complexity index is 392. The van der Waals surface area contributed by atoms with Crippen LogP contribution in [0.1, 0.15) is 20.8 Å². The molecule has 0 aliphatic heterocycles. The van der Waals surface area contributed by atoms with Gasteiger partial charge >= 0.3 is 5.97 Å². The van der Waals surface area contributed by atoms with Gasteiger partial charge in [-0.05, 0) is 32.9 Å². The molecule has 5 nitrogen and oxygen atoms in total. The molecular formula is C11H15BrNO4S-. The van der Waals surface area contributed by atoms with E-state index in [1.165, 1.54) is 4.89 Å². The third kappa shape index (κ3) is 9.29. The van der Waals surface area contributed by atoms with E-state index in [2.05, 4.69) is 20.8 Å². The predicted molar refractivity (Wildman–Crippen MR) is 71.7 cm³/mol. The van der Waals surface area contributed by atoms with Gasteiger partial charge in [-0.3, -0.25) is 4.21 Å². The minimum Gasteiger partial charge on any atom is -0.758 e. The van der Waals surface area contributed by atoms with Gasteiger partial charge < -0.3 is 9.39 Å². The van der Waals surface area contributed by atoms with E-state index in [4.69, 9.17) is 0 Å². The highest BCUT2D eigenvalue weighted by molar-refractivity contribution is 9.10. The highest BCUT2D eigenvalue weighted by Crippen LogP contribution is 2.13. The average molecular weight is 337 g/mol. The van der Waals surface area contributed by atoms with E-state index in [9.17, 15) is 13.6 Å². The number of carbonyl (C=O) groups excluding carboxylic acids is 1. The summed E-state index contributed by atoms with van der Waals surface area (Å²) in [4.78, 5) is 16.5. The molecule has 0 saturated carbocycles. The molecule has 0 amide bonds. The van der Waals surface area contributed by atoms with E-state index >= 15 is 0 Å². The Morgan fingerprint density at radius 3 is 2.11 bits per heavy atom. The molecule has 0 aliphatic rings. The van der Waals surface area contributed by atoms with Gasteiger partial charge in [0.05, 0.1) is 16.7 Å². The first-order valence-corrected chi connectivity index (χ1v) is 6.87. The van der Waals surface area contributed by atoms with Crippen molar-refractivity contribution in [2.45, 2.75) is 20.8 Å². The normalized spacial score (nSPS) is 12.1. The van der Waals surface area contributed by atoms with Crippen molar-refractivity contribution >= 4 is 33.2 Å². The Labute approximate surface area is 117 Å². The first kappa shape index (κ1) is 17.2. The molecule has 0 aromatic heterocycles. The Morgan fingerprint density at radius 2 is 1.83 bits per heavy atom. The zero-order valence-electron chi connectivity index (χ0n) is 10.3. The van der Waals surface area contributed by atoms with Crippen LogP contribution >= 0.6 is 15.9 Å². The van der Waals surface area contributed by atoms with E-state index in [1.54, 1.807) is 20.8 Å². The zero-order chi connectivity index (χ0) is 14.2. The summed E-state index contributed by atoms with van der Waals surface area (Å²) in [6.45, 7) is 4.85. The Kier molecular flexibility index (Phi) is 8.01. The summed E-state index contributed by atoms with van der Waals surface area (Å²) in [5, 5.41) is 0.